The van der Waals surface area contributed by atoms with Crippen LogP contribution in [-0.4, -0.2) is 46.2 Å². The van der Waals surface area contributed by atoms with Gasteiger partial charge in [-0.05, 0) is 26.3 Å². The molecule has 4 aromatic rings. The highest BCUT2D eigenvalue weighted by molar-refractivity contribution is 8.00. The molecule has 0 radical (unpaired) electrons. The van der Waals surface area contributed by atoms with Gasteiger partial charge in [-0.25, -0.2) is 8.42 Å². The van der Waals surface area contributed by atoms with Gasteiger partial charge in [-0.15, -0.1) is 10.2 Å². The molecule has 0 aliphatic carbocycles. The number of carbonyl (C=O) groups is 1. The first-order chi connectivity index (χ1) is 16.3. The Labute approximate surface area is 203 Å². The third-order valence-corrected chi connectivity index (χ3v) is 9.13. The summed E-state index contributed by atoms with van der Waals surface area (Å²) in [4.78, 5) is 13.2. The van der Waals surface area contributed by atoms with Gasteiger partial charge in [0.15, 0.2) is 15.6 Å². The summed E-state index contributed by atoms with van der Waals surface area (Å²) in [6.45, 7) is 3.84. The van der Waals surface area contributed by atoms with E-state index in [1.807, 2.05) is 79.1 Å². The molecule has 34 heavy (non-hydrogen) atoms. The average molecular weight is 492 g/mol. The Balaban J connectivity index is 1.40. The molecule has 0 amide bonds. The molecule has 1 fully saturated rings. The van der Waals surface area contributed by atoms with E-state index in [-0.39, 0.29) is 29.1 Å². The zero-order valence-electron chi connectivity index (χ0n) is 19.1. The number of ketones is 1. The molecular formula is C26H25N3O3S2. The number of rotatable bonds is 6. The van der Waals surface area contributed by atoms with Crippen molar-refractivity contribution in [1.29, 1.82) is 0 Å². The smallest absolute Gasteiger partial charge is 0.174 e. The van der Waals surface area contributed by atoms with E-state index in [1.165, 1.54) is 11.8 Å². The van der Waals surface area contributed by atoms with Crippen molar-refractivity contribution >= 4 is 38.2 Å². The first-order valence-electron chi connectivity index (χ1n) is 11.2. The normalized spacial score (nSPS) is 17.3. The molecule has 0 saturated carbocycles. The molecule has 174 valence electrons. The topological polar surface area (TPSA) is 81.9 Å². The Morgan fingerprint density at radius 1 is 1.03 bits per heavy atom. The number of hydrogen-bond donors (Lipinski definition) is 0. The minimum atomic E-state index is -3.00. The van der Waals surface area contributed by atoms with Crippen molar-refractivity contribution in [3.8, 4) is 11.3 Å². The molecule has 6 nitrogen and oxygen atoms in total. The minimum absolute atomic E-state index is 0.00298. The fourth-order valence-electron chi connectivity index (χ4n) is 4.81. The molecule has 2 aromatic heterocycles. The van der Waals surface area contributed by atoms with Crippen molar-refractivity contribution in [2.75, 3.05) is 17.3 Å². The van der Waals surface area contributed by atoms with Crippen molar-refractivity contribution < 1.29 is 13.2 Å². The van der Waals surface area contributed by atoms with Crippen LogP contribution in [0.25, 0.3) is 22.0 Å². The Hall–Kier alpha value is -2.97. The summed E-state index contributed by atoms with van der Waals surface area (Å²) < 4.78 is 25.9. The maximum absolute atomic E-state index is 13.2. The maximum Gasteiger partial charge on any atom is 0.174 e. The quantitative estimate of drug-likeness (QED) is 0.277. The van der Waals surface area contributed by atoms with Crippen molar-refractivity contribution in [3.05, 3.63) is 77.6 Å². The zero-order chi connectivity index (χ0) is 23.9. The van der Waals surface area contributed by atoms with Crippen LogP contribution in [0.3, 0.4) is 0 Å². The summed E-state index contributed by atoms with van der Waals surface area (Å²) in [6.07, 6.45) is 0.594. The van der Waals surface area contributed by atoms with E-state index < -0.39 is 9.84 Å². The van der Waals surface area contributed by atoms with Crippen LogP contribution in [0.1, 0.15) is 34.2 Å². The summed E-state index contributed by atoms with van der Waals surface area (Å²) in [6, 6.07) is 19.7. The minimum Gasteiger partial charge on any atom is -0.344 e. The molecule has 2 aromatic carbocycles. The van der Waals surface area contributed by atoms with E-state index >= 15 is 0 Å². The fourth-order valence-corrected chi connectivity index (χ4v) is 7.36. The van der Waals surface area contributed by atoms with Gasteiger partial charge in [0.1, 0.15) is 10.7 Å². The van der Waals surface area contributed by atoms with Gasteiger partial charge in [-0.3, -0.25) is 4.79 Å². The highest BCUT2D eigenvalue weighted by Crippen LogP contribution is 2.33. The van der Waals surface area contributed by atoms with Crippen LogP contribution in [0.5, 0.6) is 0 Å². The van der Waals surface area contributed by atoms with Crippen molar-refractivity contribution in [3.63, 3.8) is 0 Å². The fraction of sp³-hybridized carbons (Fsp3) is 0.269. The molecule has 5 rings (SSSR count). The van der Waals surface area contributed by atoms with Crippen molar-refractivity contribution in [2.45, 2.75) is 31.3 Å². The molecule has 1 aliphatic rings. The lowest BCUT2D eigenvalue weighted by atomic mass is 10.1. The largest absolute Gasteiger partial charge is 0.344 e. The van der Waals surface area contributed by atoms with E-state index in [4.69, 9.17) is 0 Å². The predicted molar refractivity (Wildman–Crippen MR) is 136 cm³/mol. The monoisotopic (exact) mass is 491 g/mol. The van der Waals surface area contributed by atoms with Crippen LogP contribution in [0.2, 0.25) is 0 Å². The zero-order valence-corrected chi connectivity index (χ0v) is 20.7. The van der Waals surface area contributed by atoms with Crippen molar-refractivity contribution in [2.24, 2.45) is 0 Å². The maximum atomic E-state index is 13.2. The third-order valence-electron chi connectivity index (χ3n) is 6.40. The number of aromatic nitrogens is 3. The van der Waals surface area contributed by atoms with Crippen LogP contribution in [0.15, 0.2) is 65.7 Å². The molecule has 0 bridgehead atoms. The van der Waals surface area contributed by atoms with Gasteiger partial charge in [0, 0.05) is 39.3 Å². The van der Waals surface area contributed by atoms with Crippen LogP contribution in [0, 0.1) is 13.8 Å². The molecule has 8 heteroatoms. The lowest BCUT2D eigenvalue weighted by Gasteiger charge is -2.16. The Morgan fingerprint density at radius 2 is 1.74 bits per heavy atom. The van der Waals surface area contributed by atoms with Crippen LogP contribution < -0.4 is 0 Å². The van der Waals surface area contributed by atoms with Gasteiger partial charge >= 0.3 is 0 Å². The lowest BCUT2D eigenvalue weighted by Crippen LogP contribution is -2.14. The van der Waals surface area contributed by atoms with Crippen LogP contribution >= 0.6 is 11.8 Å². The van der Waals surface area contributed by atoms with Crippen LogP contribution in [0.4, 0.5) is 0 Å². The number of hydrogen-bond acceptors (Lipinski definition) is 6. The second kappa shape index (κ2) is 9.00. The predicted octanol–water partition coefficient (Wildman–Crippen LogP) is 5.05. The van der Waals surface area contributed by atoms with E-state index in [0.717, 1.165) is 38.4 Å². The molecule has 3 heterocycles. The van der Waals surface area contributed by atoms with E-state index in [2.05, 4.69) is 10.2 Å². The first-order valence-corrected chi connectivity index (χ1v) is 14.0. The SMILES string of the molecule is Cc1cc(C(=O)CSc2nnc(-c3ccccc3)c3ccccc23)c(C)n1[C@@H]1CCS(=O)(=O)C1. The van der Waals surface area contributed by atoms with Crippen LogP contribution in [-0.2, 0) is 9.84 Å². The number of sulfone groups is 1. The lowest BCUT2D eigenvalue weighted by molar-refractivity contribution is 0.102. The Morgan fingerprint density at radius 3 is 2.44 bits per heavy atom. The Bertz CT molecular complexity index is 1490. The number of nitrogens with zero attached hydrogens (tertiary/aromatic N) is 3. The molecule has 1 atom stereocenters. The van der Waals surface area contributed by atoms with Gasteiger partial charge in [-0.1, -0.05) is 66.4 Å². The average Bonchev–Trinajstić information content (AvgIpc) is 3.34. The number of aryl methyl sites for hydroxylation is 1. The number of Topliss-reactive ketones (excluding diaryl/α,β-unsaturated/α-hetero) is 1. The highest BCUT2D eigenvalue weighted by Gasteiger charge is 2.31. The third kappa shape index (κ3) is 4.28. The number of thioether (sulfide) groups is 1. The number of benzene rings is 2. The van der Waals surface area contributed by atoms with Gasteiger partial charge in [0.2, 0.25) is 0 Å². The standard InChI is InChI=1S/C26H25N3O3S2/c1-17-14-23(18(2)29(17)20-12-13-34(31,32)16-20)24(30)15-33-26-22-11-7-6-10-21(22)25(27-28-26)19-8-4-3-5-9-19/h3-11,14,20H,12-13,15-16H2,1-2H3/t20-/m1/s1. The summed E-state index contributed by atoms with van der Waals surface area (Å²) in [5, 5.41) is 11.6. The second-order valence-electron chi connectivity index (χ2n) is 8.69. The molecule has 0 unspecified atom stereocenters. The summed E-state index contributed by atoms with van der Waals surface area (Å²) in [7, 11) is -3.00. The van der Waals surface area contributed by atoms with Gasteiger partial charge in [0.05, 0.1) is 17.3 Å². The highest BCUT2D eigenvalue weighted by atomic mass is 32.2. The summed E-state index contributed by atoms with van der Waals surface area (Å²) in [5.74, 6) is 0.583. The molecule has 0 spiro atoms. The van der Waals surface area contributed by atoms with Gasteiger partial charge in [-0.2, -0.15) is 0 Å². The van der Waals surface area contributed by atoms with E-state index in [0.29, 0.717) is 12.0 Å². The summed E-state index contributed by atoms with van der Waals surface area (Å²) >= 11 is 1.38. The number of carbonyl (C=O) groups excluding carboxylic acids is 1. The number of fused-ring (bicyclic) bond motifs is 1. The van der Waals surface area contributed by atoms with E-state index in [9.17, 15) is 13.2 Å². The van der Waals surface area contributed by atoms with Gasteiger partial charge < -0.3 is 4.57 Å². The molecule has 0 N–H and O–H groups in total. The molecular weight excluding hydrogens is 466 g/mol. The first kappa shape index (κ1) is 22.8. The second-order valence-corrected chi connectivity index (χ2v) is 11.9. The molecule has 1 saturated heterocycles. The Kier molecular flexibility index (Phi) is 6.04. The molecule has 1 aliphatic heterocycles. The summed E-state index contributed by atoms with van der Waals surface area (Å²) in [5.41, 5.74) is 4.22. The van der Waals surface area contributed by atoms with E-state index in [1.54, 1.807) is 0 Å². The van der Waals surface area contributed by atoms with Gasteiger partial charge in [0.25, 0.3) is 0 Å². The van der Waals surface area contributed by atoms with Crippen molar-refractivity contribution in [1.82, 2.24) is 14.8 Å².